The van der Waals surface area contributed by atoms with Crippen molar-refractivity contribution in [2.24, 2.45) is 0 Å². The van der Waals surface area contributed by atoms with Crippen molar-refractivity contribution in [3.8, 4) is 5.88 Å². The Labute approximate surface area is 122 Å². The third-order valence-corrected chi connectivity index (χ3v) is 5.19. The van der Waals surface area contributed by atoms with Crippen LogP contribution in [0.4, 0.5) is 0 Å². The smallest absolute Gasteiger partial charge is 0.331 e. The third-order valence-electron chi connectivity index (χ3n) is 4.03. The van der Waals surface area contributed by atoms with Gasteiger partial charge in [-0.2, -0.15) is 11.8 Å². The van der Waals surface area contributed by atoms with Gasteiger partial charge < -0.3 is 5.11 Å². The number of hydrogen-bond acceptors (Lipinski definition) is 4. The minimum atomic E-state index is -0.497. The molecule has 1 saturated carbocycles. The van der Waals surface area contributed by atoms with Crippen molar-refractivity contribution < 1.29 is 5.11 Å². The number of H-pyrrole nitrogens is 1. The standard InChI is InChI=1S/C14H22N2O3S/c1-8(2)11-12(17)15-14(19)16(13(11)18)9-6-4-5-7-10(9)20-3/h8-10,18H,4-7H2,1-3H3,(H,15,17,19). The molecule has 1 aliphatic rings. The Morgan fingerprint density at radius 3 is 2.55 bits per heavy atom. The number of aromatic nitrogens is 2. The maximum atomic E-state index is 12.1. The monoisotopic (exact) mass is 298 g/mol. The van der Waals surface area contributed by atoms with Gasteiger partial charge in [-0.15, -0.1) is 0 Å². The first-order valence-corrected chi connectivity index (χ1v) is 8.36. The van der Waals surface area contributed by atoms with Crippen LogP contribution in [-0.4, -0.2) is 26.2 Å². The summed E-state index contributed by atoms with van der Waals surface area (Å²) in [7, 11) is 0. The Bertz CT molecular complexity index is 591. The molecular weight excluding hydrogens is 276 g/mol. The van der Waals surface area contributed by atoms with Crippen molar-refractivity contribution in [2.75, 3.05) is 6.26 Å². The van der Waals surface area contributed by atoms with Crippen molar-refractivity contribution >= 4 is 11.8 Å². The highest BCUT2D eigenvalue weighted by atomic mass is 32.2. The number of rotatable bonds is 3. The van der Waals surface area contributed by atoms with Gasteiger partial charge in [-0.1, -0.05) is 26.7 Å². The van der Waals surface area contributed by atoms with Gasteiger partial charge in [-0.25, -0.2) is 4.79 Å². The van der Waals surface area contributed by atoms with E-state index in [0.717, 1.165) is 25.7 Å². The number of thioether (sulfide) groups is 1. The second-order valence-corrected chi connectivity index (χ2v) is 6.72. The number of aromatic hydroxyl groups is 1. The molecule has 0 aromatic carbocycles. The zero-order valence-corrected chi connectivity index (χ0v) is 13.0. The SMILES string of the molecule is CSC1CCCCC1n1c(O)c(C(C)C)c(=O)[nH]c1=O. The van der Waals surface area contributed by atoms with E-state index in [0.29, 0.717) is 10.8 Å². The lowest BCUT2D eigenvalue weighted by atomic mass is 9.94. The Morgan fingerprint density at radius 2 is 1.95 bits per heavy atom. The molecule has 6 heteroatoms. The lowest BCUT2D eigenvalue weighted by Gasteiger charge is -2.32. The Morgan fingerprint density at radius 1 is 1.30 bits per heavy atom. The van der Waals surface area contributed by atoms with Gasteiger partial charge in [-0.05, 0) is 25.0 Å². The number of aromatic amines is 1. The molecule has 1 aromatic rings. The summed E-state index contributed by atoms with van der Waals surface area (Å²) in [5.41, 5.74) is -0.673. The lowest BCUT2D eigenvalue weighted by Crippen LogP contribution is -2.39. The summed E-state index contributed by atoms with van der Waals surface area (Å²) in [5.74, 6) is -0.276. The topological polar surface area (TPSA) is 75.1 Å². The minimum Gasteiger partial charge on any atom is -0.494 e. The molecular formula is C14H22N2O3S. The normalized spacial score (nSPS) is 23.2. The summed E-state index contributed by atoms with van der Waals surface area (Å²) in [6.45, 7) is 3.68. The summed E-state index contributed by atoms with van der Waals surface area (Å²) < 4.78 is 1.40. The maximum Gasteiger partial charge on any atom is 0.331 e. The molecule has 0 saturated heterocycles. The summed E-state index contributed by atoms with van der Waals surface area (Å²) in [5, 5.41) is 10.7. The van der Waals surface area contributed by atoms with Crippen LogP contribution in [0.3, 0.4) is 0 Å². The van der Waals surface area contributed by atoms with Gasteiger partial charge in [0.15, 0.2) is 0 Å². The molecule has 2 atom stereocenters. The van der Waals surface area contributed by atoms with Crippen LogP contribution >= 0.6 is 11.8 Å². The largest absolute Gasteiger partial charge is 0.494 e. The van der Waals surface area contributed by atoms with Crippen molar-refractivity contribution in [2.45, 2.75) is 56.7 Å². The zero-order valence-electron chi connectivity index (χ0n) is 12.2. The maximum absolute atomic E-state index is 12.1. The quantitative estimate of drug-likeness (QED) is 0.897. The molecule has 1 aromatic heterocycles. The molecule has 0 spiro atoms. The average molecular weight is 298 g/mol. The molecule has 0 amide bonds. The van der Waals surface area contributed by atoms with Crippen molar-refractivity contribution in [1.82, 2.24) is 9.55 Å². The molecule has 20 heavy (non-hydrogen) atoms. The van der Waals surface area contributed by atoms with E-state index in [4.69, 9.17) is 0 Å². The molecule has 2 unspecified atom stereocenters. The molecule has 1 fully saturated rings. The van der Waals surface area contributed by atoms with Gasteiger partial charge in [0, 0.05) is 5.25 Å². The van der Waals surface area contributed by atoms with E-state index < -0.39 is 11.2 Å². The van der Waals surface area contributed by atoms with Gasteiger partial charge >= 0.3 is 5.69 Å². The molecule has 112 valence electrons. The molecule has 0 radical (unpaired) electrons. The predicted molar refractivity (Wildman–Crippen MR) is 81.9 cm³/mol. The van der Waals surface area contributed by atoms with Crippen LogP contribution in [-0.2, 0) is 0 Å². The van der Waals surface area contributed by atoms with Crippen molar-refractivity contribution in [1.29, 1.82) is 0 Å². The fourth-order valence-electron chi connectivity index (χ4n) is 3.03. The summed E-state index contributed by atoms with van der Waals surface area (Å²) in [4.78, 5) is 26.3. The first-order chi connectivity index (χ1) is 9.47. The van der Waals surface area contributed by atoms with Crippen molar-refractivity contribution in [3.63, 3.8) is 0 Å². The number of nitrogens with one attached hydrogen (secondary N) is 1. The molecule has 2 N–H and O–H groups in total. The Hall–Kier alpha value is -1.17. The molecule has 5 nitrogen and oxygen atoms in total. The second kappa shape index (κ2) is 6.08. The van der Waals surface area contributed by atoms with Crippen LogP contribution < -0.4 is 11.2 Å². The molecule has 0 aliphatic heterocycles. The minimum absolute atomic E-state index is 0.0411. The van der Waals surface area contributed by atoms with E-state index in [-0.39, 0.29) is 17.8 Å². The van der Waals surface area contributed by atoms with Gasteiger partial charge in [-0.3, -0.25) is 14.3 Å². The van der Waals surface area contributed by atoms with E-state index in [9.17, 15) is 14.7 Å². The summed E-state index contributed by atoms with van der Waals surface area (Å²) >= 11 is 1.72. The van der Waals surface area contributed by atoms with E-state index >= 15 is 0 Å². The van der Waals surface area contributed by atoms with E-state index in [1.807, 2.05) is 20.1 Å². The molecule has 0 bridgehead atoms. The van der Waals surface area contributed by atoms with Crippen LogP contribution in [0, 0.1) is 0 Å². The van der Waals surface area contributed by atoms with Crippen LogP contribution in [0.2, 0.25) is 0 Å². The third kappa shape index (κ3) is 2.66. The van der Waals surface area contributed by atoms with Gasteiger partial charge in [0.05, 0.1) is 11.6 Å². The molecule has 1 heterocycles. The summed E-state index contributed by atoms with van der Waals surface area (Å²) in [6, 6.07) is -0.0411. The van der Waals surface area contributed by atoms with Crippen LogP contribution in [0.1, 0.15) is 57.1 Å². The Balaban J connectivity index is 2.58. The van der Waals surface area contributed by atoms with Crippen LogP contribution in [0.5, 0.6) is 5.88 Å². The van der Waals surface area contributed by atoms with Gasteiger partial charge in [0.2, 0.25) is 5.88 Å². The van der Waals surface area contributed by atoms with Gasteiger partial charge in [0.25, 0.3) is 5.56 Å². The second-order valence-electron chi connectivity index (χ2n) is 5.65. The zero-order chi connectivity index (χ0) is 14.9. The molecule has 1 aliphatic carbocycles. The molecule has 2 rings (SSSR count). The van der Waals surface area contributed by atoms with E-state index in [1.165, 1.54) is 4.57 Å². The average Bonchev–Trinajstić information content (AvgIpc) is 2.38. The van der Waals surface area contributed by atoms with Crippen LogP contribution in [0.25, 0.3) is 0 Å². The van der Waals surface area contributed by atoms with Crippen LogP contribution in [0.15, 0.2) is 9.59 Å². The number of nitrogens with zero attached hydrogens (tertiary/aromatic N) is 1. The Kier molecular flexibility index (Phi) is 4.62. The highest BCUT2D eigenvalue weighted by Crippen LogP contribution is 2.37. The van der Waals surface area contributed by atoms with E-state index in [1.54, 1.807) is 11.8 Å². The number of hydrogen-bond donors (Lipinski definition) is 2. The highest BCUT2D eigenvalue weighted by molar-refractivity contribution is 7.99. The highest BCUT2D eigenvalue weighted by Gasteiger charge is 2.30. The first kappa shape index (κ1) is 15.2. The summed E-state index contributed by atoms with van der Waals surface area (Å²) in [6.07, 6.45) is 6.12. The fourth-order valence-corrected chi connectivity index (χ4v) is 4.00. The van der Waals surface area contributed by atoms with Crippen molar-refractivity contribution in [3.05, 3.63) is 26.4 Å². The lowest BCUT2D eigenvalue weighted by molar-refractivity contribution is 0.302. The van der Waals surface area contributed by atoms with E-state index in [2.05, 4.69) is 4.98 Å². The first-order valence-electron chi connectivity index (χ1n) is 7.07. The predicted octanol–water partition coefficient (Wildman–Crippen LogP) is 2.21. The van der Waals surface area contributed by atoms with Gasteiger partial charge in [0.1, 0.15) is 0 Å². The fraction of sp³-hybridized carbons (Fsp3) is 0.714.